The highest BCUT2D eigenvalue weighted by Gasteiger charge is 2.36. The SMILES string of the molecule is COc1cc(OC)cc(C(C#N)(CCCN(C)CCc2cc(OC)c(OC)c(OC)c2)C(C)C)c1.Cl. The van der Waals surface area contributed by atoms with E-state index in [0.29, 0.717) is 28.7 Å². The molecule has 8 heteroatoms. The zero-order valence-electron chi connectivity index (χ0n) is 22.8. The van der Waals surface area contributed by atoms with Gasteiger partial charge in [0, 0.05) is 12.6 Å². The van der Waals surface area contributed by atoms with Crippen LogP contribution in [0.1, 0.15) is 37.8 Å². The number of hydrogen-bond acceptors (Lipinski definition) is 7. The van der Waals surface area contributed by atoms with Crippen molar-refractivity contribution in [1.29, 1.82) is 5.26 Å². The highest BCUT2D eigenvalue weighted by molar-refractivity contribution is 5.85. The number of hydrogen-bond donors (Lipinski definition) is 0. The van der Waals surface area contributed by atoms with Crippen LogP contribution in [-0.4, -0.2) is 60.6 Å². The van der Waals surface area contributed by atoms with E-state index in [1.165, 1.54) is 0 Å². The predicted molar refractivity (Wildman–Crippen MR) is 145 cm³/mol. The molecule has 7 nitrogen and oxygen atoms in total. The van der Waals surface area contributed by atoms with Crippen LogP contribution < -0.4 is 23.7 Å². The Hall–Kier alpha value is -2.82. The van der Waals surface area contributed by atoms with Crippen molar-refractivity contribution in [2.45, 2.75) is 38.5 Å². The molecule has 0 N–H and O–H groups in total. The molecule has 0 spiro atoms. The predicted octanol–water partition coefficient (Wildman–Crippen LogP) is 5.52. The molecule has 2 rings (SSSR count). The van der Waals surface area contributed by atoms with Crippen LogP contribution in [0.15, 0.2) is 30.3 Å². The molecule has 0 radical (unpaired) electrons. The van der Waals surface area contributed by atoms with Gasteiger partial charge in [-0.3, -0.25) is 0 Å². The minimum atomic E-state index is -0.626. The molecule has 1 unspecified atom stereocenters. The van der Waals surface area contributed by atoms with Gasteiger partial charge in [-0.25, -0.2) is 0 Å². The summed E-state index contributed by atoms with van der Waals surface area (Å²) in [5.41, 5.74) is 1.42. The monoisotopic (exact) mass is 520 g/mol. The van der Waals surface area contributed by atoms with Gasteiger partial charge in [-0.1, -0.05) is 13.8 Å². The number of nitrogens with zero attached hydrogens (tertiary/aromatic N) is 2. The van der Waals surface area contributed by atoms with Gasteiger partial charge in [0.05, 0.1) is 47.0 Å². The quantitative estimate of drug-likeness (QED) is 0.324. The van der Waals surface area contributed by atoms with Gasteiger partial charge < -0.3 is 28.6 Å². The van der Waals surface area contributed by atoms with Crippen molar-refractivity contribution in [3.05, 3.63) is 41.5 Å². The maximum atomic E-state index is 10.3. The molecule has 1 atom stereocenters. The summed E-state index contributed by atoms with van der Waals surface area (Å²) < 4.78 is 27.3. The molecule has 0 bridgehead atoms. The third-order valence-corrected chi connectivity index (χ3v) is 6.67. The molecule has 2 aromatic rings. The lowest BCUT2D eigenvalue weighted by molar-refractivity contribution is 0.292. The van der Waals surface area contributed by atoms with Crippen LogP contribution in [0.3, 0.4) is 0 Å². The number of nitriles is 1. The van der Waals surface area contributed by atoms with E-state index in [9.17, 15) is 5.26 Å². The average Bonchev–Trinajstić information content (AvgIpc) is 2.88. The highest BCUT2D eigenvalue weighted by Crippen LogP contribution is 2.40. The number of benzene rings is 2. The summed E-state index contributed by atoms with van der Waals surface area (Å²) in [6.45, 7) is 5.95. The van der Waals surface area contributed by atoms with Gasteiger partial charge in [0.1, 0.15) is 11.5 Å². The molecule has 0 aliphatic heterocycles. The molecule has 0 aliphatic carbocycles. The van der Waals surface area contributed by atoms with Crippen LogP contribution in [0.4, 0.5) is 0 Å². The van der Waals surface area contributed by atoms with Gasteiger partial charge in [0.25, 0.3) is 0 Å². The van der Waals surface area contributed by atoms with Gasteiger partial charge in [0.2, 0.25) is 5.75 Å². The Morgan fingerprint density at radius 3 is 1.81 bits per heavy atom. The molecule has 0 saturated heterocycles. The fourth-order valence-electron chi connectivity index (χ4n) is 4.42. The van der Waals surface area contributed by atoms with Gasteiger partial charge in [-0.2, -0.15) is 5.26 Å². The van der Waals surface area contributed by atoms with Crippen molar-refractivity contribution in [3.8, 4) is 34.8 Å². The topological polar surface area (TPSA) is 73.2 Å². The summed E-state index contributed by atoms with van der Waals surface area (Å²) in [4.78, 5) is 2.29. The molecular weight excluding hydrogens is 480 g/mol. The largest absolute Gasteiger partial charge is 0.497 e. The number of likely N-dealkylation sites (N-methyl/N-ethyl adjacent to an activating group) is 1. The smallest absolute Gasteiger partial charge is 0.203 e. The number of rotatable bonds is 14. The summed E-state index contributed by atoms with van der Waals surface area (Å²) >= 11 is 0. The summed E-state index contributed by atoms with van der Waals surface area (Å²) in [5.74, 6) is 3.45. The van der Waals surface area contributed by atoms with Gasteiger partial charge in [0.15, 0.2) is 11.5 Å². The van der Waals surface area contributed by atoms with E-state index in [0.717, 1.165) is 43.5 Å². The molecule has 0 aromatic heterocycles. The van der Waals surface area contributed by atoms with E-state index in [-0.39, 0.29) is 18.3 Å². The highest BCUT2D eigenvalue weighted by atomic mass is 35.5. The molecule has 0 heterocycles. The molecule has 0 fully saturated rings. The number of ether oxygens (including phenoxy) is 5. The lowest BCUT2D eigenvalue weighted by atomic mass is 9.69. The third-order valence-electron chi connectivity index (χ3n) is 6.67. The molecule has 0 aliphatic rings. The fraction of sp³-hybridized carbons (Fsp3) is 0.536. The fourth-order valence-corrected chi connectivity index (χ4v) is 4.42. The second-order valence-corrected chi connectivity index (χ2v) is 9.03. The first kappa shape index (κ1) is 31.2. The first-order valence-corrected chi connectivity index (χ1v) is 11.9. The minimum Gasteiger partial charge on any atom is -0.497 e. The summed E-state index contributed by atoms with van der Waals surface area (Å²) in [6, 6.07) is 12.4. The van der Waals surface area contributed by atoms with E-state index < -0.39 is 5.41 Å². The van der Waals surface area contributed by atoms with Crippen LogP contribution in [-0.2, 0) is 11.8 Å². The summed E-state index contributed by atoms with van der Waals surface area (Å²) in [6.07, 6.45) is 2.47. The average molecular weight is 521 g/mol. The maximum absolute atomic E-state index is 10.3. The normalized spacial score (nSPS) is 12.4. The molecular formula is C28H41ClN2O5. The zero-order chi connectivity index (χ0) is 26.0. The van der Waals surface area contributed by atoms with E-state index in [1.54, 1.807) is 35.5 Å². The van der Waals surface area contributed by atoms with E-state index in [1.807, 2.05) is 30.3 Å². The lowest BCUT2D eigenvalue weighted by Gasteiger charge is -2.32. The summed E-state index contributed by atoms with van der Waals surface area (Å²) in [5, 5.41) is 10.3. The third kappa shape index (κ3) is 7.35. The van der Waals surface area contributed by atoms with Gasteiger partial charge in [-0.05, 0) is 74.2 Å². The Labute approximate surface area is 222 Å². The van der Waals surface area contributed by atoms with Crippen molar-refractivity contribution in [1.82, 2.24) is 4.90 Å². The Bertz CT molecular complexity index is 961. The van der Waals surface area contributed by atoms with Crippen LogP contribution in [0.5, 0.6) is 28.7 Å². The second kappa shape index (κ2) is 14.7. The molecule has 0 amide bonds. The van der Waals surface area contributed by atoms with Crippen molar-refractivity contribution < 1.29 is 23.7 Å². The summed E-state index contributed by atoms with van der Waals surface area (Å²) in [7, 11) is 10.2. The zero-order valence-corrected chi connectivity index (χ0v) is 23.7. The van der Waals surface area contributed by atoms with E-state index in [4.69, 9.17) is 23.7 Å². The Morgan fingerprint density at radius 2 is 1.39 bits per heavy atom. The maximum Gasteiger partial charge on any atom is 0.203 e. The molecule has 36 heavy (non-hydrogen) atoms. The first-order chi connectivity index (χ1) is 16.8. The van der Waals surface area contributed by atoms with Crippen LogP contribution in [0.25, 0.3) is 0 Å². The minimum absolute atomic E-state index is 0. The Kier molecular flexibility index (Phi) is 12.7. The van der Waals surface area contributed by atoms with E-state index >= 15 is 0 Å². The van der Waals surface area contributed by atoms with Crippen molar-refractivity contribution >= 4 is 12.4 Å². The Morgan fingerprint density at radius 1 is 0.833 bits per heavy atom. The van der Waals surface area contributed by atoms with Crippen molar-refractivity contribution in [2.75, 3.05) is 55.7 Å². The molecule has 0 saturated carbocycles. The van der Waals surface area contributed by atoms with E-state index in [2.05, 4.69) is 31.9 Å². The Balaban J connectivity index is 0.00000648. The van der Waals surface area contributed by atoms with Crippen LogP contribution in [0.2, 0.25) is 0 Å². The van der Waals surface area contributed by atoms with Crippen LogP contribution >= 0.6 is 12.4 Å². The van der Waals surface area contributed by atoms with Gasteiger partial charge >= 0.3 is 0 Å². The van der Waals surface area contributed by atoms with Crippen molar-refractivity contribution in [3.63, 3.8) is 0 Å². The second-order valence-electron chi connectivity index (χ2n) is 9.03. The van der Waals surface area contributed by atoms with Crippen LogP contribution in [0, 0.1) is 17.2 Å². The van der Waals surface area contributed by atoms with Gasteiger partial charge in [-0.15, -0.1) is 12.4 Å². The number of halogens is 1. The standard InChI is InChI=1S/C28H40N2O5.ClH/c1-20(2)28(19-29,22-16-23(31-4)18-24(17-22)32-5)11-9-12-30(3)13-10-21-14-25(33-6)27(35-8)26(15-21)34-7;/h14-18,20H,9-13H2,1-8H3;1H. The number of methoxy groups -OCH3 is 5. The lowest BCUT2D eigenvalue weighted by Crippen LogP contribution is -2.32. The molecule has 200 valence electrons. The van der Waals surface area contributed by atoms with Crippen molar-refractivity contribution in [2.24, 2.45) is 5.92 Å². The first-order valence-electron chi connectivity index (χ1n) is 11.9. The molecule has 2 aromatic carbocycles.